The minimum Gasteiger partial charge on any atom is -0.381 e. The summed E-state index contributed by atoms with van der Waals surface area (Å²) in [4.78, 5) is 15.1. The van der Waals surface area contributed by atoms with Crippen LogP contribution in [0, 0.1) is 11.8 Å². The minimum atomic E-state index is -0.118. The van der Waals surface area contributed by atoms with Crippen LogP contribution < -0.4 is 5.32 Å². The Labute approximate surface area is 162 Å². The van der Waals surface area contributed by atoms with E-state index in [2.05, 4.69) is 38.8 Å². The first-order chi connectivity index (χ1) is 13.1. The number of hydrogen-bond acceptors (Lipinski definition) is 5. The molecule has 1 N–H and O–H groups in total. The Balaban J connectivity index is 1.60. The van der Waals surface area contributed by atoms with E-state index in [4.69, 9.17) is 4.74 Å². The van der Waals surface area contributed by atoms with Gasteiger partial charge in [-0.1, -0.05) is 26.7 Å². The third kappa shape index (κ3) is 5.08. The molecular weight excluding hydrogens is 342 g/mol. The zero-order valence-electron chi connectivity index (χ0n) is 17.1. The van der Waals surface area contributed by atoms with Crippen molar-refractivity contribution >= 4 is 5.91 Å². The summed E-state index contributed by atoms with van der Waals surface area (Å²) in [5.74, 6) is 2.88. The Kier molecular flexibility index (Phi) is 7.24. The molecule has 1 fully saturated rings. The van der Waals surface area contributed by atoms with Gasteiger partial charge in [0.2, 0.25) is 5.91 Å². The number of ether oxygens (including phenoxy) is 1. The van der Waals surface area contributed by atoms with Crippen molar-refractivity contribution in [2.45, 2.75) is 65.5 Å². The summed E-state index contributed by atoms with van der Waals surface area (Å²) in [6.45, 7) is 12.1. The number of carbonyl (C=O) groups excluding carboxylic acids is 1. The first kappa shape index (κ1) is 20.3. The molecule has 0 unspecified atom stereocenters. The Morgan fingerprint density at radius 2 is 1.93 bits per heavy atom. The Morgan fingerprint density at radius 3 is 2.63 bits per heavy atom. The summed E-state index contributed by atoms with van der Waals surface area (Å²) >= 11 is 0. The Bertz CT molecular complexity index is 608. The van der Waals surface area contributed by atoms with Gasteiger partial charge in [-0.15, -0.1) is 10.2 Å². The number of rotatable bonds is 7. The van der Waals surface area contributed by atoms with Gasteiger partial charge in [0, 0.05) is 51.7 Å². The Morgan fingerprint density at radius 1 is 1.19 bits per heavy atom. The van der Waals surface area contributed by atoms with Crippen LogP contribution in [0.2, 0.25) is 0 Å². The number of aromatic nitrogens is 3. The first-order valence-corrected chi connectivity index (χ1v) is 10.6. The van der Waals surface area contributed by atoms with Crippen molar-refractivity contribution < 1.29 is 9.53 Å². The maximum Gasteiger partial charge on any atom is 0.223 e. The smallest absolute Gasteiger partial charge is 0.223 e. The predicted octanol–water partition coefficient (Wildman–Crippen LogP) is 2.18. The van der Waals surface area contributed by atoms with Gasteiger partial charge in [-0.05, 0) is 25.7 Å². The van der Waals surface area contributed by atoms with E-state index in [1.54, 1.807) is 0 Å². The summed E-state index contributed by atoms with van der Waals surface area (Å²) in [5, 5.41) is 12.0. The zero-order valence-corrected chi connectivity index (χ0v) is 17.1. The van der Waals surface area contributed by atoms with Gasteiger partial charge in [0.15, 0.2) is 5.82 Å². The standard InChI is InChI=1S/C20H35N5O2/c1-4-16(5-2)14-24-9-6-18-22-23-19(25(18)11-10-24)15(3)21-20(26)17-7-12-27-13-8-17/h15-17H,4-14H2,1-3H3,(H,21,26)/t15-/m0/s1. The van der Waals surface area contributed by atoms with E-state index in [-0.39, 0.29) is 17.9 Å². The van der Waals surface area contributed by atoms with E-state index in [0.717, 1.165) is 63.0 Å². The van der Waals surface area contributed by atoms with Crippen molar-refractivity contribution in [3.05, 3.63) is 11.6 Å². The molecule has 0 aromatic carbocycles. The quantitative estimate of drug-likeness (QED) is 0.788. The molecule has 7 heteroatoms. The summed E-state index contributed by atoms with van der Waals surface area (Å²) in [7, 11) is 0. The molecule has 152 valence electrons. The highest BCUT2D eigenvalue weighted by Gasteiger charge is 2.26. The molecule has 27 heavy (non-hydrogen) atoms. The third-order valence-electron chi connectivity index (χ3n) is 6.16. The van der Waals surface area contributed by atoms with Gasteiger partial charge >= 0.3 is 0 Å². The van der Waals surface area contributed by atoms with Crippen molar-refractivity contribution in [2.75, 3.05) is 32.8 Å². The minimum absolute atomic E-state index is 0.0586. The average molecular weight is 378 g/mol. The normalized spacial score (nSPS) is 20.3. The summed E-state index contributed by atoms with van der Waals surface area (Å²) < 4.78 is 7.58. The molecule has 1 aromatic heterocycles. The fourth-order valence-electron chi connectivity index (χ4n) is 4.16. The van der Waals surface area contributed by atoms with Gasteiger partial charge in [-0.2, -0.15) is 0 Å². The van der Waals surface area contributed by atoms with Gasteiger partial charge in [0.25, 0.3) is 0 Å². The van der Waals surface area contributed by atoms with Gasteiger partial charge < -0.3 is 19.5 Å². The zero-order chi connectivity index (χ0) is 19.2. The van der Waals surface area contributed by atoms with Gasteiger partial charge in [-0.25, -0.2) is 0 Å². The molecular formula is C20H35N5O2. The van der Waals surface area contributed by atoms with Gasteiger partial charge in [0.1, 0.15) is 5.82 Å². The SMILES string of the molecule is CCC(CC)CN1CCc2nnc([C@H](C)NC(=O)C3CCOCC3)n2CC1. The van der Waals surface area contributed by atoms with Crippen LogP contribution in [0.3, 0.4) is 0 Å². The highest BCUT2D eigenvalue weighted by molar-refractivity contribution is 5.79. The second-order valence-electron chi connectivity index (χ2n) is 7.98. The number of carbonyl (C=O) groups is 1. The third-order valence-corrected chi connectivity index (χ3v) is 6.16. The van der Waals surface area contributed by atoms with E-state index in [9.17, 15) is 4.79 Å². The largest absolute Gasteiger partial charge is 0.381 e. The molecule has 3 rings (SSSR count). The molecule has 1 atom stereocenters. The fraction of sp³-hybridized carbons (Fsp3) is 0.850. The van der Waals surface area contributed by atoms with Crippen LogP contribution in [-0.2, 0) is 22.5 Å². The molecule has 1 amide bonds. The van der Waals surface area contributed by atoms with Crippen LogP contribution in [0.5, 0.6) is 0 Å². The van der Waals surface area contributed by atoms with Crippen LogP contribution in [0.15, 0.2) is 0 Å². The lowest BCUT2D eigenvalue weighted by atomic mass is 9.99. The molecule has 0 radical (unpaired) electrons. The maximum atomic E-state index is 12.5. The van der Waals surface area contributed by atoms with E-state index in [0.29, 0.717) is 13.2 Å². The molecule has 0 saturated carbocycles. The molecule has 7 nitrogen and oxygen atoms in total. The topological polar surface area (TPSA) is 72.3 Å². The van der Waals surface area contributed by atoms with E-state index >= 15 is 0 Å². The second kappa shape index (κ2) is 9.64. The van der Waals surface area contributed by atoms with Crippen LogP contribution in [0.25, 0.3) is 0 Å². The number of nitrogens with zero attached hydrogens (tertiary/aromatic N) is 4. The first-order valence-electron chi connectivity index (χ1n) is 10.6. The maximum absolute atomic E-state index is 12.5. The molecule has 2 aliphatic rings. The predicted molar refractivity (Wildman–Crippen MR) is 104 cm³/mol. The number of fused-ring (bicyclic) bond motifs is 1. The lowest BCUT2D eigenvalue weighted by molar-refractivity contribution is -0.128. The molecule has 2 aliphatic heterocycles. The highest BCUT2D eigenvalue weighted by Crippen LogP contribution is 2.20. The van der Waals surface area contributed by atoms with Crippen LogP contribution >= 0.6 is 0 Å². The highest BCUT2D eigenvalue weighted by atomic mass is 16.5. The molecule has 3 heterocycles. The van der Waals surface area contributed by atoms with Crippen molar-refractivity contribution in [3.63, 3.8) is 0 Å². The van der Waals surface area contributed by atoms with Crippen molar-refractivity contribution in [1.29, 1.82) is 0 Å². The van der Waals surface area contributed by atoms with Crippen LogP contribution in [0.1, 0.15) is 64.1 Å². The van der Waals surface area contributed by atoms with Crippen LogP contribution in [-0.4, -0.2) is 58.4 Å². The molecule has 0 aliphatic carbocycles. The molecule has 0 spiro atoms. The molecule has 1 saturated heterocycles. The number of hydrogen-bond donors (Lipinski definition) is 1. The monoisotopic (exact) mass is 377 g/mol. The average Bonchev–Trinajstić information content (AvgIpc) is 3.01. The summed E-state index contributed by atoms with van der Waals surface area (Å²) in [5.41, 5.74) is 0. The lowest BCUT2D eigenvalue weighted by Gasteiger charge is -2.25. The van der Waals surface area contributed by atoms with Gasteiger partial charge in [-0.3, -0.25) is 4.79 Å². The van der Waals surface area contributed by atoms with Crippen molar-refractivity contribution in [2.24, 2.45) is 11.8 Å². The molecule has 1 aromatic rings. The lowest BCUT2D eigenvalue weighted by Crippen LogP contribution is -2.37. The molecule has 0 bridgehead atoms. The summed E-state index contributed by atoms with van der Waals surface area (Å²) in [6, 6.07) is -0.118. The van der Waals surface area contributed by atoms with Gasteiger partial charge in [0.05, 0.1) is 6.04 Å². The van der Waals surface area contributed by atoms with Crippen molar-refractivity contribution in [1.82, 2.24) is 25.0 Å². The Hall–Kier alpha value is -1.47. The second-order valence-corrected chi connectivity index (χ2v) is 7.98. The van der Waals surface area contributed by atoms with E-state index in [1.807, 2.05) is 6.92 Å². The number of nitrogens with one attached hydrogen (secondary N) is 1. The van der Waals surface area contributed by atoms with Crippen LogP contribution in [0.4, 0.5) is 0 Å². The van der Waals surface area contributed by atoms with E-state index < -0.39 is 0 Å². The number of amides is 1. The fourth-order valence-corrected chi connectivity index (χ4v) is 4.16. The van der Waals surface area contributed by atoms with Crippen molar-refractivity contribution in [3.8, 4) is 0 Å². The summed E-state index contributed by atoms with van der Waals surface area (Å²) in [6.07, 6.45) is 5.01. The van der Waals surface area contributed by atoms with E-state index in [1.165, 1.54) is 12.8 Å².